The van der Waals surface area contributed by atoms with Gasteiger partial charge in [-0.25, -0.2) is 4.98 Å². The molecule has 0 amide bonds. The van der Waals surface area contributed by atoms with Crippen molar-refractivity contribution in [3.63, 3.8) is 0 Å². The van der Waals surface area contributed by atoms with E-state index in [1.807, 2.05) is 5.38 Å². The van der Waals surface area contributed by atoms with E-state index in [1.54, 1.807) is 17.6 Å². The molecule has 0 fully saturated rings. The van der Waals surface area contributed by atoms with Crippen LogP contribution in [0.2, 0.25) is 0 Å². The molecule has 7 heteroatoms. The Morgan fingerprint density at radius 2 is 2.39 bits per heavy atom. The monoisotopic (exact) mass is 265 g/mol. The maximum Gasteiger partial charge on any atom is 0.311 e. The molecule has 0 saturated heterocycles. The van der Waals surface area contributed by atoms with E-state index in [1.165, 1.54) is 24.5 Å². The quantitative estimate of drug-likeness (QED) is 0.664. The van der Waals surface area contributed by atoms with Crippen molar-refractivity contribution in [2.75, 3.05) is 12.4 Å². The summed E-state index contributed by atoms with van der Waals surface area (Å²) in [5, 5.41) is 15.8. The zero-order valence-electron chi connectivity index (χ0n) is 9.62. The number of thiazole rings is 1. The van der Waals surface area contributed by atoms with E-state index < -0.39 is 4.92 Å². The van der Waals surface area contributed by atoms with E-state index in [-0.39, 0.29) is 11.4 Å². The fraction of sp³-hybridized carbons (Fsp3) is 0.182. The van der Waals surface area contributed by atoms with Crippen molar-refractivity contribution >= 4 is 22.7 Å². The summed E-state index contributed by atoms with van der Waals surface area (Å²) in [7, 11) is 1.41. The number of nitrogens with zero attached hydrogens (tertiary/aromatic N) is 2. The first-order valence-electron chi connectivity index (χ1n) is 5.14. The lowest BCUT2D eigenvalue weighted by Gasteiger charge is -2.07. The summed E-state index contributed by atoms with van der Waals surface area (Å²) in [5.74, 6) is 0.239. The van der Waals surface area contributed by atoms with Crippen LogP contribution in [0.15, 0.2) is 29.1 Å². The van der Waals surface area contributed by atoms with E-state index >= 15 is 0 Å². The molecular weight excluding hydrogens is 254 g/mol. The van der Waals surface area contributed by atoms with E-state index in [9.17, 15) is 10.1 Å². The number of aromatic nitrogens is 1. The first-order valence-corrected chi connectivity index (χ1v) is 6.08. The molecule has 2 aromatic rings. The number of nitro benzene ring substituents is 1. The van der Waals surface area contributed by atoms with Gasteiger partial charge >= 0.3 is 5.69 Å². The van der Waals surface area contributed by atoms with E-state index in [0.29, 0.717) is 6.54 Å². The van der Waals surface area contributed by atoms with Crippen LogP contribution < -0.4 is 10.1 Å². The van der Waals surface area contributed by atoms with Crippen LogP contribution in [0, 0.1) is 10.1 Å². The highest BCUT2D eigenvalue weighted by Crippen LogP contribution is 2.29. The van der Waals surface area contributed by atoms with Crippen molar-refractivity contribution in [1.82, 2.24) is 4.98 Å². The van der Waals surface area contributed by atoms with Gasteiger partial charge in [0.25, 0.3) is 0 Å². The highest BCUT2D eigenvalue weighted by Gasteiger charge is 2.14. The Kier molecular flexibility index (Phi) is 3.73. The minimum absolute atomic E-state index is 0.0447. The van der Waals surface area contributed by atoms with Crippen LogP contribution in [-0.2, 0) is 6.54 Å². The maximum atomic E-state index is 10.7. The van der Waals surface area contributed by atoms with Crippen molar-refractivity contribution in [2.24, 2.45) is 0 Å². The van der Waals surface area contributed by atoms with Gasteiger partial charge in [0.05, 0.1) is 29.8 Å². The van der Waals surface area contributed by atoms with Crippen molar-refractivity contribution in [3.05, 3.63) is 44.9 Å². The van der Waals surface area contributed by atoms with Crippen molar-refractivity contribution < 1.29 is 9.66 Å². The number of anilines is 1. The topological polar surface area (TPSA) is 77.3 Å². The van der Waals surface area contributed by atoms with Gasteiger partial charge in [-0.15, -0.1) is 11.3 Å². The zero-order valence-corrected chi connectivity index (χ0v) is 10.4. The number of rotatable bonds is 5. The SMILES string of the molecule is COc1cc(NCc2cscn2)ccc1[N+](=O)[O-]. The summed E-state index contributed by atoms with van der Waals surface area (Å²) in [6.07, 6.45) is 0. The molecule has 94 valence electrons. The number of hydrogen-bond donors (Lipinski definition) is 1. The molecule has 1 aromatic carbocycles. The normalized spacial score (nSPS) is 10.1. The minimum Gasteiger partial charge on any atom is -0.490 e. The number of ether oxygens (including phenoxy) is 1. The summed E-state index contributed by atoms with van der Waals surface area (Å²) < 4.78 is 4.99. The summed E-state index contributed by atoms with van der Waals surface area (Å²) in [4.78, 5) is 14.4. The van der Waals surface area contributed by atoms with E-state index in [2.05, 4.69) is 10.3 Å². The molecule has 0 aliphatic heterocycles. The molecule has 0 saturated carbocycles. The third kappa shape index (κ3) is 2.75. The zero-order chi connectivity index (χ0) is 13.0. The Labute approximate surface area is 107 Å². The van der Waals surface area contributed by atoms with Gasteiger partial charge in [-0.1, -0.05) is 0 Å². The third-order valence-corrected chi connectivity index (χ3v) is 2.97. The van der Waals surface area contributed by atoms with Gasteiger partial charge in [-0.2, -0.15) is 0 Å². The van der Waals surface area contributed by atoms with Crippen LogP contribution in [0.1, 0.15) is 5.69 Å². The van der Waals surface area contributed by atoms with Gasteiger partial charge in [-0.05, 0) is 6.07 Å². The Morgan fingerprint density at radius 3 is 3.00 bits per heavy atom. The average molecular weight is 265 g/mol. The summed E-state index contributed by atoms with van der Waals surface area (Å²) in [6, 6.07) is 4.67. The predicted molar refractivity (Wildman–Crippen MR) is 69.1 cm³/mol. The van der Waals surface area contributed by atoms with Gasteiger partial charge < -0.3 is 10.1 Å². The highest BCUT2D eigenvalue weighted by molar-refractivity contribution is 7.07. The number of nitrogens with one attached hydrogen (secondary N) is 1. The molecule has 0 aliphatic carbocycles. The Bertz CT molecular complexity index is 542. The minimum atomic E-state index is -0.469. The molecule has 0 aliphatic rings. The second-order valence-corrected chi connectivity index (χ2v) is 4.20. The number of nitro groups is 1. The predicted octanol–water partition coefficient (Wildman–Crippen LogP) is 2.67. The molecule has 0 atom stereocenters. The van der Waals surface area contributed by atoms with Crippen LogP contribution in [0.4, 0.5) is 11.4 Å². The van der Waals surface area contributed by atoms with Crippen LogP contribution >= 0.6 is 11.3 Å². The van der Waals surface area contributed by atoms with Gasteiger partial charge in [0.1, 0.15) is 0 Å². The molecule has 0 radical (unpaired) electrons. The fourth-order valence-corrected chi connectivity index (χ4v) is 2.01. The maximum absolute atomic E-state index is 10.7. The molecule has 1 heterocycles. The van der Waals surface area contributed by atoms with E-state index in [4.69, 9.17) is 4.74 Å². The lowest BCUT2D eigenvalue weighted by Crippen LogP contribution is -2.01. The van der Waals surface area contributed by atoms with E-state index in [0.717, 1.165) is 11.4 Å². The molecule has 1 aromatic heterocycles. The summed E-state index contributed by atoms with van der Waals surface area (Å²) >= 11 is 1.52. The van der Waals surface area contributed by atoms with Crippen LogP contribution in [0.5, 0.6) is 5.75 Å². The highest BCUT2D eigenvalue weighted by atomic mass is 32.1. The first kappa shape index (κ1) is 12.3. The van der Waals surface area contributed by atoms with Gasteiger partial charge in [0.2, 0.25) is 0 Å². The smallest absolute Gasteiger partial charge is 0.311 e. The largest absolute Gasteiger partial charge is 0.490 e. The molecule has 0 spiro atoms. The van der Waals surface area contributed by atoms with Gasteiger partial charge in [0, 0.05) is 23.2 Å². The Balaban J connectivity index is 2.12. The Hall–Kier alpha value is -2.15. The molecule has 6 nitrogen and oxygen atoms in total. The summed E-state index contributed by atoms with van der Waals surface area (Å²) in [6.45, 7) is 0.574. The molecule has 1 N–H and O–H groups in total. The number of benzene rings is 1. The molecular formula is C11H11N3O3S. The first-order chi connectivity index (χ1) is 8.70. The molecule has 2 rings (SSSR count). The van der Waals surface area contributed by atoms with Crippen LogP contribution in [0.25, 0.3) is 0 Å². The van der Waals surface area contributed by atoms with Crippen molar-refractivity contribution in [3.8, 4) is 5.75 Å². The van der Waals surface area contributed by atoms with Crippen LogP contribution in [0.3, 0.4) is 0 Å². The van der Waals surface area contributed by atoms with Gasteiger partial charge in [-0.3, -0.25) is 10.1 Å². The van der Waals surface area contributed by atoms with Crippen molar-refractivity contribution in [2.45, 2.75) is 6.54 Å². The standard InChI is InChI=1S/C11H11N3O3S/c1-17-11-4-8(2-3-10(11)14(15)16)12-5-9-6-18-7-13-9/h2-4,6-7,12H,5H2,1H3. The number of methoxy groups -OCH3 is 1. The average Bonchev–Trinajstić information content (AvgIpc) is 2.88. The third-order valence-electron chi connectivity index (χ3n) is 2.33. The van der Waals surface area contributed by atoms with Crippen molar-refractivity contribution in [1.29, 1.82) is 0 Å². The second kappa shape index (κ2) is 5.46. The summed E-state index contributed by atoms with van der Waals surface area (Å²) in [5.41, 5.74) is 3.40. The van der Waals surface area contributed by atoms with Crippen LogP contribution in [-0.4, -0.2) is 17.0 Å². The molecule has 0 unspecified atom stereocenters. The Morgan fingerprint density at radius 1 is 1.56 bits per heavy atom. The lowest BCUT2D eigenvalue weighted by molar-refractivity contribution is -0.385. The molecule has 0 bridgehead atoms. The second-order valence-electron chi connectivity index (χ2n) is 3.48. The van der Waals surface area contributed by atoms with Gasteiger partial charge in [0.15, 0.2) is 5.75 Å². The number of hydrogen-bond acceptors (Lipinski definition) is 6. The fourth-order valence-electron chi connectivity index (χ4n) is 1.46. The lowest BCUT2D eigenvalue weighted by atomic mass is 10.2. The molecule has 18 heavy (non-hydrogen) atoms.